The topological polar surface area (TPSA) is 55.4 Å². The number of benzene rings is 1. The lowest BCUT2D eigenvalue weighted by atomic mass is 9.73. The number of rotatable bonds is 2. The molecule has 0 radical (unpaired) electrons. The molecule has 0 unspecified atom stereocenters. The number of methoxy groups -OCH3 is 1. The van der Waals surface area contributed by atoms with Crippen molar-refractivity contribution >= 4 is 11.8 Å². The van der Waals surface area contributed by atoms with Gasteiger partial charge in [0.2, 0.25) is 11.8 Å². The third-order valence-corrected chi connectivity index (χ3v) is 3.39. The average Bonchev–Trinajstić information content (AvgIpc) is 2.27. The van der Waals surface area contributed by atoms with E-state index in [0.29, 0.717) is 12.8 Å². The van der Waals surface area contributed by atoms with E-state index in [1.807, 2.05) is 32.0 Å². The number of hydrogen-bond acceptors (Lipinski definition) is 3. The fourth-order valence-electron chi connectivity index (χ4n) is 2.50. The van der Waals surface area contributed by atoms with Gasteiger partial charge in [0, 0.05) is 23.8 Å². The van der Waals surface area contributed by atoms with Crippen molar-refractivity contribution in [1.29, 1.82) is 0 Å². The number of carbonyl (C=O) groups is 2. The molecule has 1 heterocycles. The van der Waals surface area contributed by atoms with Crippen molar-refractivity contribution in [2.45, 2.75) is 32.1 Å². The highest BCUT2D eigenvalue weighted by Gasteiger charge is 2.38. The Morgan fingerprint density at radius 1 is 1.22 bits per heavy atom. The van der Waals surface area contributed by atoms with Gasteiger partial charge in [-0.2, -0.15) is 0 Å². The zero-order chi connectivity index (χ0) is 13.3. The molecule has 0 spiro atoms. The van der Waals surface area contributed by atoms with E-state index in [4.69, 9.17) is 4.74 Å². The van der Waals surface area contributed by atoms with Crippen molar-refractivity contribution in [2.75, 3.05) is 7.11 Å². The number of ether oxygens (including phenoxy) is 1. The number of aryl methyl sites for hydroxylation is 1. The van der Waals surface area contributed by atoms with Crippen LogP contribution in [0.3, 0.4) is 0 Å². The van der Waals surface area contributed by atoms with E-state index in [1.54, 1.807) is 7.11 Å². The molecule has 4 heteroatoms. The molecule has 0 aromatic heterocycles. The van der Waals surface area contributed by atoms with Crippen molar-refractivity contribution in [1.82, 2.24) is 5.32 Å². The Bertz CT molecular complexity index is 492. The number of carbonyl (C=O) groups excluding carboxylic acids is 2. The summed E-state index contributed by atoms with van der Waals surface area (Å²) in [6, 6.07) is 5.83. The lowest BCUT2D eigenvalue weighted by molar-refractivity contribution is -0.135. The van der Waals surface area contributed by atoms with Crippen LogP contribution in [0.15, 0.2) is 18.2 Å². The predicted molar refractivity (Wildman–Crippen MR) is 67.5 cm³/mol. The fourth-order valence-corrected chi connectivity index (χ4v) is 2.50. The number of imide groups is 1. The van der Waals surface area contributed by atoms with Crippen LogP contribution < -0.4 is 10.1 Å². The van der Waals surface area contributed by atoms with E-state index in [2.05, 4.69) is 5.32 Å². The van der Waals surface area contributed by atoms with E-state index >= 15 is 0 Å². The van der Waals surface area contributed by atoms with Gasteiger partial charge in [0.05, 0.1) is 7.11 Å². The second-order valence-corrected chi connectivity index (χ2v) is 5.09. The smallest absolute Gasteiger partial charge is 0.227 e. The molecule has 4 nitrogen and oxygen atoms in total. The molecule has 18 heavy (non-hydrogen) atoms. The normalized spacial score (nSPS) is 18.4. The van der Waals surface area contributed by atoms with Gasteiger partial charge in [-0.1, -0.05) is 24.6 Å². The molecular weight excluding hydrogens is 230 g/mol. The van der Waals surface area contributed by atoms with E-state index in [1.165, 1.54) is 0 Å². The molecule has 0 saturated carbocycles. The summed E-state index contributed by atoms with van der Waals surface area (Å²) in [7, 11) is 1.60. The molecular formula is C14H17NO3. The van der Waals surface area contributed by atoms with Crippen LogP contribution in [0.4, 0.5) is 0 Å². The van der Waals surface area contributed by atoms with Gasteiger partial charge in [-0.15, -0.1) is 0 Å². The SMILES string of the molecule is COc1ccc(C)cc1C1(C)CC(=O)NC(=O)C1. The molecule has 96 valence electrons. The Morgan fingerprint density at radius 2 is 1.83 bits per heavy atom. The van der Waals surface area contributed by atoms with E-state index < -0.39 is 5.41 Å². The summed E-state index contributed by atoms with van der Waals surface area (Å²) in [6.45, 7) is 3.91. The molecule has 1 aromatic carbocycles. The largest absolute Gasteiger partial charge is 0.496 e. The van der Waals surface area contributed by atoms with E-state index in [0.717, 1.165) is 16.9 Å². The van der Waals surface area contributed by atoms with Crippen LogP contribution in [0, 0.1) is 6.92 Å². The van der Waals surface area contributed by atoms with Gasteiger partial charge in [-0.25, -0.2) is 0 Å². The minimum Gasteiger partial charge on any atom is -0.496 e. The Kier molecular flexibility index (Phi) is 3.11. The first-order valence-corrected chi connectivity index (χ1v) is 5.92. The number of piperidine rings is 1. The molecule has 1 saturated heterocycles. The van der Waals surface area contributed by atoms with Crippen molar-refractivity contribution in [3.05, 3.63) is 29.3 Å². The minimum absolute atomic E-state index is 0.225. The Labute approximate surface area is 106 Å². The third kappa shape index (κ3) is 2.23. The van der Waals surface area contributed by atoms with Crippen molar-refractivity contribution in [2.24, 2.45) is 0 Å². The van der Waals surface area contributed by atoms with Crippen LogP contribution in [-0.2, 0) is 15.0 Å². The molecule has 1 aliphatic heterocycles. The highest BCUT2D eigenvalue weighted by molar-refractivity contribution is 5.99. The van der Waals surface area contributed by atoms with Gasteiger partial charge >= 0.3 is 0 Å². The summed E-state index contributed by atoms with van der Waals surface area (Å²) in [4.78, 5) is 23.1. The zero-order valence-electron chi connectivity index (χ0n) is 10.9. The molecule has 1 aliphatic rings. The van der Waals surface area contributed by atoms with Crippen LogP contribution in [0.2, 0.25) is 0 Å². The maximum absolute atomic E-state index is 11.6. The van der Waals surface area contributed by atoms with E-state index in [9.17, 15) is 9.59 Å². The van der Waals surface area contributed by atoms with Crippen molar-refractivity contribution in [3.63, 3.8) is 0 Å². The van der Waals surface area contributed by atoms with Gasteiger partial charge in [0.15, 0.2) is 0 Å². The first kappa shape index (κ1) is 12.6. The summed E-state index contributed by atoms with van der Waals surface area (Å²) in [6.07, 6.45) is 0.608. The fraction of sp³-hybridized carbons (Fsp3) is 0.429. The molecule has 2 rings (SSSR count). The van der Waals surface area contributed by atoms with Gasteiger partial charge in [0.1, 0.15) is 5.75 Å². The lowest BCUT2D eigenvalue weighted by Gasteiger charge is -2.33. The summed E-state index contributed by atoms with van der Waals surface area (Å²) in [5.74, 6) is 0.278. The summed E-state index contributed by atoms with van der Waals surface area (Å²) < 4.78 is 5.35. The molecule has 2 amide bonds. The first-order chi connectivity index (χ1) is 8.44. The summed E-state index contributed by atoms with van der Waals surface area (Å²) in [5.41, 5.74) is 1.52. The van der Waals surface area contributed by atoms with Crippen LogP contribution in [0.5, 0.6) is 5.75 Å². The number of nitrogens with one attached hydrogen (secondary N) is 1. The highest BCUT2D eigenvalue weighted by Crippen LogP contribution is 2.39. The van der Waals surface area contributed by atoms with Crippen molar-refractivity contribution in [3.8, 4) is 5.75 Å². The van der Waals surface area contributed by atoms with Crippen LogP contribution in [-0.4, -0.2) is 18.9 Å². The average molecular weight is 247 g/mol. The third-order valence-electron chi connectivity index (χ3n) is 3.39. The van der Waals surface area contributed by atoms with Crippen LogP contribution in [0.25, 0.3) is 0 Å². The Morgan fingerprint density at radius 3 is 2.39 bits per heavy atom. The number of amides is 2. The minimum atomic E-state index is -0.489. The summed E-state index contributed by atoms with van der Waals surface area (Å²) >= 11 is 0. The highest BCUT2D eigenvalue weighted by atomic mass is 16.5. The first-order valence-electron chi connectivity index (χ1n) is 5.92. The van der Waals surface area contributed by atoms with Crippen LogP contribution in [0.1, 0.15) is 30.9 Å². The second kappa shape index (κ2) is 4.44. The van der Waals surface area contributed by atoms with Gasteiger partial charge < -0.3 is 4.74 Å². The molecule has 1 N–H and O–H groups in total. The zero-order valence-corrected chi connectivity index (χ0v) is 10.9. The van der Waals surface area contributed by atoms with Crippen molar-refractivity contribution < 1.29 is 14.3 Å². The second-order valence-electron chi connectivity index (χ2n) is 5.09. The lowest BCUT2D eigenvalue weighted by Crippen LogP contribution is -2.45. The maximum Gasteiger partial charge on any atom is 0.227 e. The molecule has 0 aliphatic carbocycles. The number of hydrogen-bond donors (Lipinski definition) is 1. The molecule has 1 fully saturated rings. The molecule has 0 atom stereocenters. The monoisotopic (exact) mass is 247 g/mol. The summed E-state index contributed by atoms with van der Waals surface area (Å²) in [5, 5.41) is 2.34. The Hall–Kier alpha value is -1.84. The molecule has 0 bridgehead atoms. The standard InChI is InChI=1S/C14H17NO3/c1-9-4-5-11(18-3)10(6-9)14(2)7-12(16)15-13(17)8-14/h4-6H,7-8H2,1-3H3,(H,15,16,17). The van der Waals surface area contributed by atoms with E-state index in [-0.39, 0.29) is 11.8 Å². The van der Waals surface area contributed by atoms with Gasteiger partial charge in [-0.3, -0.25) is 14.9 Å². The maximum atomic E-state index is 11.6. The Balaban J connectivity index is 2.48. The predicted octanol–water partition coefficient (Wildman–Crippen LogP) is 1.70. The van der Waals surface area contributed by atoms with Gasteiger partial charge in [0.25, 0.3) is 0 Å². The molecule has 1 aromatic rings. The quantitative estimate of drug-likeness (QED) is 0.809. The van der Waals surface area contributed by atoms with Gasteiger partial charge in [-0.05, 0) is 13.0 Å². The van der Waals surface area contributed by atoms with Crippen LogP contribution >= 0.6 is 0 Å².